The molecule has 3 rings (SSSR count). The van der Waals surface area contributed by atoms with Gasteiger partial charge in [0.25, 0.3) is 0 Å². The van der Waals surface area contributed by atoms with Crippen LogP contribution in [0.2, 0.25) is 0 Å². The first kappa shape index (κ1) is 19.4. The Labute approximate surface area is 160 Å². The SMILES string of the molecule is O=S(=O)(NC1CCN(Cc2ccc(F)cc2Br)CC1)c1ccc(F)cc1. The molecule has 140 valence electrons. The number of halogens is 3. The summed E-state index contributed by atoms with van der Waals surface area (Å²) in [7, 11) is -3.65. The molecule has 1 aliphatic rings. The first-order valence-electron chi connectivity index (χ1n) is 8.28. The minimum absolute atomic E-state index is 0.0663. The number of benzene rings is 2. The highest BCUT2D eigenvalue weighted by Crippen LogP contribution is 2.22. The maximum absolute atomic E-state index is 13.2. The summed E-state index contributed by atoms with van der Waals surface area (Å²) >= 11 is 3.37. The van der Waals surface area contributed by atoms with E-state index in [2.05, 4.69) is 25.6 Å². The van der Waals surface area contributed by atoms with Gasteiger partial charge < -0.3 is 0 Å². The van der Waals surface area contributed by atoms with E-state index in [9.17, 15) is 17.2 Å². The van der Waals surface area contributed by atoms with Crippen molar-refractivity contribution >= 4 is 26.0 Å². The molecule has 1 fully saturated rings. The Morgan fingerprint density at radius 2 is 1.65 bits per heavy atom. The van der Waals surface area contributed by atoms with E-state index in [-0.39, 0.29) is 16.8 Å². The molecule has 0 bridgehead atoms. The maximum atomic E-state index is 13.2. The van der Waals surface area contributed by atoms with Crippen LogP contribution in [-0.4, -0.2) is 32.4 Å². The van der Waals surface area contributed by atoms with Crippen molar-refractivity contribution in [1.29, 1.82) is 0 Å². The molecule has 8 heteroatoms. The van der Waals surface area contributed by atoms with Crippen molar-refractivity contribution in [3.8, 4) is 0 Å². The van der Waals surface area contributed by atoms with Gasteiger partial charge in [0.15, 0.2) is 0 Å². The van der Waals surface area contributed by atoms with Crippen molar-refractivity contribution in [2.75, 3.05) is 13.1 Å². The molecule has 0 aromatic heterocycles. The molecule has 0 saturated carbocycles. The van der Waals surface area contributed by atoms with Crippen LogP contribution < -0.4 is 4.72 Å². The van der Waals surface area contributed by atoms with Gasteiger partial charge in [-0.1, -0.05) is 22.0 Å². The topological polar surface area (TPSA) is 49.4 Å². The fraction of sp³-hybridized carbons (Fsp3) is 0.333. The molecule has 4 nitrogen and oxygen atoms in total. The zero-order valence-corrected chi connectivity index (χ0v) is 16.4. The zero-order valence-electron chi connectivity index (χ0n) is 14.0. The predicted octanol–water partition coefficient (Wildman–Crippen LogP) is 3.67. The second-order valence-electron chi connectivity index (χ2n) is 6.36. The summed E-state index contributed by atoms with van der Waals surface area (Å²) in [6.45, 7) is 2.15. The van der Waals surface area contributed by atoms with Crippen LogP contribution in [-0.2, 0) is 16.6 Å². The molecular weight excluding hydrogens is 426 g/mol. The zero-order chi connectivity index (χ0) is 18.7. The van der Waals surface area contributed by atoms with Gasteiger partial charge in [0.1, 0.15) is 11.6 Å². The van der Waals surface area contributed by atoms with Gasteiger partial charge in [0, 0.05) is 30.1 Å². The average Bonchev–Trinajstić information content (AvgIpc) is 2.59. The van der Waals surface area contributed by atoms with Crippen LogP contribution in [0.4, 0.5) is 8.78 Å². The minimum Gasteiger partial charge on any atom is -0.299 e. The highest BCUT2D eigenvalue weighted by molar-refractivity contribution is 9.10. The molecule has 0 atom stereocenters. The molecule has 0 radical (unpaired) electrons. The lowest BCUT2D eigenvalue weighted by molar-refractivity contribution is 0.199. The van der Waals surface area contributed by atoms with Crippen LogP contribution >= 0.6 is 15.9 Å². The molecule has 1 saturated heterocycles. The molecule has 2 aromatic carbocycles. The summed E-state index contributed by atoms with van der Waals surface area (Å²) < 4.78 is 54.3. The van der Waals surface area contributed by atoms with Crippen LogP contribution in [0, 0.1) is 11.6 Å². The van der Waals surface area contributed by atoms with Gasteiger partial charge in [-0.05, 0) is 54.8 Å². The van der Waals surface area contributed by atoms with Gasteiger partial charge in [0.05, 0.1) is 4.90 Å². The van der Waals surface area contributed by atoms with Gasteiger partial charge in [-0.15, -0.1) is 0 Å². The number of hydrogen-bond donors (Lipinski definition) is 1. The molecule has 0 amide bonds. The normalized spacial score (nSPS) is 16.7. The Morgan fingerprint density at radius 1 is 1.04 bits per heavy atom. The summed E-state index contributed by atoms with van der Waals surface area (Å²) in [6, 6.07) is 9.27. The van der Waals surface area contributed by atoms with Crippen molar-refractivity contribution in [2.45, 2.75) is 30.3 Å². The molecule has 26 heavy (non-hydrogen) atoms. The Bertz CT molecular complexity index is 867. The van der Waals surface area contributed by atoms with Gasteiger partial charge in [0.2, 0.25) is 10.0 Å². The van der Waals surface area contributed by atoms with Crippen molar-refractivity contribution < 1.29 is 17.2 Å². The number of piperidine rings is 1. The summed E-state index contributed by atoms with van der Waals surface area (Å²) in [4.78, 5) is 2.28. The first-order valence-corrected chi connectivity index (χ1v) is 10.6. The van der Waals surface area contributed by atoms with Crippen LogP contribution in [0.15, 0.2) is 51.8 Å². The van der Waals surface area contributed by atoms with E-state index >= 15 is 0 Å². The number of likely N-dealkylation sites (tertiary alicyclic amines) is 1. The molecular formula is C18H19BrF2N2O2S. The third kappa shape index (κ3) is 4.88. The number of hydrogen-bond acceptors (Lipinski definition) is 3. The van der Waals surface area contributed by atoms with E-state index in [0.29, 0.717) is 19.4 Å². The Balaban J connectivity index is 1.56. The third-order valence-electron chi connectivity index (χ3n) is 4.44. The predicted molar refractivity (Wildman–Crippen MR) is 99.1 cm³/mol. The molecule has 1 heterocycles. The van der Waals surface area contributed by atoms with Crippen molar-refractivity contribution in [1.82, 2.24) is 9.62 Å². The second kappa shape index (κ2) is 8.12. The Kier molecular flexibility index (Phi) is 6.06. The minimum atomic E-state index is -3.65. The van der Waals surface area contributed by atoms with Crippen LogP contribution in [0.1, 0.15) is 18.4 Å². The van der Waals surface area contributed by atoms with Crippen molar-refractivity contribution in [3.05, 3.63) is 64.1 Å². The van der Waals surface area contributed by atoms with Gasteiger partial charge >= 0.3 is 0 Å². The van der Waals surface area contributed by atoms with Crippen LogP contribution in [0.25, 0.3) is 0 Å². The Hall–Kier alpha value is -1.35. The molecule has 0 spiro atoms. The monoisotopic (exact) mass is 444 g/mol. The summed E-state index contributed by atoms with van der Waals surface area (Å²) in [5.74, 6) is -0.751. The average molecular weight is 445 g/mol. The van der Waals surface area contributed by atoms with E-state index in [0.717, 1.165) is 35.3 Å². The lowest BCUT2D eigenvalue weighted by atomic mass is 10.1. The molecule has 0 unspecified atom stereocenters. The second-order valence-corrected chi connectivity index (χ2v) is 8.93. The van der Waals surface area contributed by atoms with Crippen LogP contribution in [0.5, 0.6) is 0 Å². The number of nitrogens with zero attached hydrogens (tertiary/aromatic N) is 1. The summed E-state index contributed by atoms with van der Waals surface area (Å²) in [6.07, 6.45) is 1.36. The number of rotatable bonds is 5. The smallest absolute Gasteiger partial charge is 0.240 e. The van der Waals surface area contributed by atoms with E-state index < -0.39 is 15.8 Å². The molecule has 0 aliphatic carbocycles. The molecule has 1 N–H and O–H groups in total. The highest BCUT2D eigenvalue weighted by Gasteiger charge is 2.25. The van der Waals surface area contributed by atoms with E-state index in [4.69, 9.17) is 0 Å². The first-order chi connectivity index (χ1) is 12.3. The molecule has 2 aromatic rings. The summed E-state index contributed by atoms with van der Waals surface area (Å²) in [5.41, 5.74) is 0.997. The lowest BCUT2D eigenvalue weighted by Gasteiger charge is -2.32. The summed E-state index contributed by atoms with van der Waals surface area (Å²) in [5, 5.41) is 0. The van der Waals surface area contributed by atoms with E-state index in [1.165, 1.54) is 24.3 Å². The largest absolute Gasteiger partial charge is 0.299 e. The fourth-order valence-corrected chi connectivity index (χ4v) is 4.78. The number of nitrogens with one attached hydrogen (secondary N) is 1. The third-order valence-corrected chi connectivity index (χ3v) is 6.72. The quantitative estimate of drug-likeness (QED) is 0.765. The fourth-order valence-electron chi connectivity index (χ4n) is 3.00. The molecule has 1 aliphatic heterocycles. The number of sulfonamides is 1. The highest BCUT2D eigenvalue weighted by atomic mass is 79.9. The van der Waals surface area contributed by atoms with Crippen molar-refractivity contribution in [2.24, 2.45) is 0 Å². The van der Waals surface area contributed by atoms with Gasteiger partial charge in [-0.2, -0.15) is 0 Å². The standard InChI is InChI=1S/C18H19BrF2N2O2S/c19-18-11-15(21)2-1-13(18)12-23-9-7-16(8-10-23)22-26(24,25)17-5-3-14(20)4-6-17/h1-6,11,16,22H,7-10,12H2. The van der Waals surface area contributed by atoms with E-state index in [1.54, 1.807) is 6.07 Å². The maximum Gasteiger partial charge on any atom is 0.240 e. The Morgan fingerprint density at radius 3 is 2.27 bits per heavy atom. The van der Waals surface area contributed by atoms with Gasteiger partial charge in [-0.25, -0.2) is 21.9 Å². The van der Waals surface area contributed by atoms with Crippen LogP contribution in [0.3, 0.4) is 0 Å². The van der Waals surface area contributed by atoms with Gasteiger partial charge in [-0.3, -0.25) is 4.90 Å². The van der Waals surface area contributed by atoms with Crippen molar-refractivity contribution in [3.63, 3.8) is 0 Å². The van der Waals surface area contributed by atoms with E-state index in [1.807, 2.05) is 0 Å². The lowest BCUT2D eigenvalue weighted by Crippen LogP contribution is -2.44.